The predicted octanol–water partition coefficient (Wildman–Crippen LogP) is -0.0460. The molecular formula is C10H8N4+2. The number of nitrogens with zero attached hydrogens (tertiary/aromatic N) is 4. The molecule has 14 heavy (non-hydrogen) atoms. The minimum absolute atomic E-state index is 0.830. The standard InChI is InChI=1S/C10H8N4/c1-3-7-13-9(5-1)11-14-8-4-2-6-10(14)12-13/h1-8H/q+2. The predicted molar refractivity (Wildman–Crippen MR) is 48.4 cm³/mol. The lowest BCUT2D eigenvalue weighted by Crippen LogP contribution is -2.38. The van der Waals surface area contributed by atoms with Crippen LogP contribution in [0.15, 0.2) is 48.8 Å². The van der Waals surface area contributed by atoms with E-state index >= 15 is 0 Å². The minimum atomic E-state index is 0.830. The number of aromatic nitrogens is 4. The Balaban J connectivity index is 2.52. The maximum Gasteiger partial charge on any atom is 0.415 e. The monoisotopic (exact) mass is 184 g/mol. The van der Waals surface area contributed by atoms with Gasteiger partial charge in [0.05, 0.1) is 0 Å². The Morgan fingerprint density at radius 2 is 1.21 bits per heavy atom. The van der Waals surface area contributed by atoms with E-state index < -0.39 is 0 Å². The van der Waals surface area contributed by atoms with Gasteiger partial charge >= 0.3 is 11.3 Å². The van der Waals surface area contributed by atoms with Crippen LogP contribution in [-0.4, -0.2) is 10.2 Å². The highest BCUT2D eigenvalue weighted by molar-refractivity contribution is 5.28. The number of rotatable bonds is 0. The molecule has 0 aliphatic carbocycles. The molecule has 0 bridgehead atoms. The zero-order chi connectivity index (χ0) is 9.38. The van der Waals surface area contributed by atoms with E-state index in [1.165, 1.54) is 0 Å². The molecule has 66 valence electrons. The van der Waals surface area contributed by atoms with Gasteiger partial charge in [0.2, 0.25) is 0 Å². The van der Waals surface area contributed by atoms with Crippen molar-refractivity contribution in [3.8, 4) is 0 Å². The van der Waals surface area contributed by atoms with E-state index in [0.29, 0.717) is 0 Å². The fourth-order valence-corrected chi connectivity index (χ4v) is 1.40. The van der Waals surface area contributed by atoms with Crippen LogP contribution in [0.2, 0.25) is 0 Å². The molecule has 0 saturated heterocycles. The molecule has 0 saturated carbocycles. The van der Waals surface area contributed by atoms with Crippen molar-refractivity contribution in [2.75, 3.05) is 0 Å². The summed E-state index contributed by atoms with van der Waals surface area (Å²) >= 11 is 0. The van der Waals surface area contributed by atoms with Crippen molar-refractivity contribution < 1.29 is 9.03 Å². The summed E-state index contributed by atoms with van der Waals surface area (Å²) < 4.78 is 3.52. The zero-order valence-electron chi connectivity index (χ0n) is 7.41. The maximum atomic E-state index is 4.39. The Morgan fingerprint density at radius 3 is 1.71 bits per heavy atom. The van der Waals surface area contributed by atoms with E-state index in [9.17, 15) is 0 Å². The third kappa shape index (κ3) is 1.01. The van der Waals surface area contributed by atoms with E-state index in [-0.39, 0.29) is 0 Å². The third-order valence-electron chi connectivity index (χ3n) is 2.06. The lowest BCUT2D eigenvalue weighted by atomic mass is 10.5. The van der Waals surface area contributed by atoms with Crippen LogP contribution in [0.25, 0.3) is 11.3 Å². The van der Waals surface area contributed by atoms with E-state index in [2.05, 4.69) is 10.2 Å². The molecule has 3 rings (SSSR count). The molecule has 0 amide bonds. The van der Waals surface area contributed by atoms with Crippen molar-refractivity contribution in [3.63, 3.8) is 0 Å². The Hall–Kier alpha value is -2.10. The Morgan fingerprint density at radius 1 is 0.714 bits per heavy atom. The molecule has 0 unspecified atom stereocenters. The van der Waals surface area contributed by atoms with Gasteiger partial charge in [-0.2, -0.15) is 0 Å². The number of pyridine rings is 2. The molecule has 0 N–H and O–H groups in total. The summed E-state index contributed by atoms with van der Waals surface area (Å²) in [4.78, 5) is 0. The topological polar surface area (TPSA) is 34.0 Å². The molecule has 4 nitrogen and oxygen atoms in total. The summed E-state index contributed by atoms with van der Waals surface area (Å²) in [6.07, 6.45) is 3.77. The molecule has 0 aliphatic rings. The largest absolute Gasteiger partial charge is 0.415 e. The van der Waals surface area contributed by atoms with Gasteiger partial charge in [0, 0.05) is 12.1 Å². The number of hydrogen-bond acceptors (Lipinski definition) is 2. The van der Waals surface area contributed by atoms with Gasteiger partial charge in [0.25, 0.3) is 0 Å². The second-order valence-corrected chi connectivity index (χ2v) is 3.01. The Labute approximate surface area is 80.1 Å². The second kappa shape index (κ2) is 2.70. The van der Waals surface area contributed by atoms with Crippen LogP contribution in [0.3, 0.4) is 0 Å². The quantitative estimate of drug-likeness (QED) is 0.363. The normalized spacial score (nSPS) is 10.9. The van der Waals surface area contributed by atoms with E-state index in [1.807, 2.05) is 48.8 Å². The summed E-state index contributed by atoms with van der Waals surface area (Å²) in [7, 11) is 0. The molecule has 0 fully saturated rings. The lowest BCUT2D eigenvalue weighted by molar-refractivity contribution is -0.649. The van der Waals surface area contributed by atoms with Crippen molar-refractivity contribution >= 4 is 11.3 Å². The minimum Gasteiger partial charge on any atom is -0.0499 e. The highest BCUT2D eigenvalue weighted by atomic mass is 15.4. The van der Waals surface area contributed by atoms with Gasteiger partial charge in [-0.05, 0) is 33.3 Å². The van der Waals surface area contributed by atoms with Crippen LogP contribution in [0.5, 0.6) is 0 Å². The molecule has 0 spiro atoms. The van der Waals surface area contributed by atoms with Crippen LogP contribution >= 0.6 is 0 Å². The summed E-state index contributed by atoms with van der Waals surface area (Å²) in [6, 6.07) is 11.6. The van der Waals surface area contributed by atoms with Gasteiger partial charge in [0.15, 0.2) is 10.2 Å². The molecular weight excluding hydrogens is 176 g/mol. The first-order chi connectivity index (χ1) is 6.93. The van der Waals surface area contributed by atoms with Gasteiger partial charge in [-0.25, -0.2) is 0 Å². The van der Waals surface area contributed by atoms with Crippen LogP contribution in [0.4, 0.5) is 0 Å². The summed E-state index contributed by atoms with van der Waals surface area (Å²) in [5.41, 5.74) is 1.66. The van der Waals surface area contributed by atoms with Crippen molar-refractivity contribution in [3.05, 3.63) is 48.8 Å². The van der Waals surface area contributed by atoms with Crippen molar-refractivity contribution in [1.29, 1.82) is 0 Å². The highest BCUT2D eigenvalue weighted by Gasteiger charge is 2.15. The fourth-order valence-electron chi connectivity index (χ4n) is 1.40. The van der Waals surface area contributed by atoms with Gasteiger partial charge < -0.3 is 0 Å². The average Bonchev–Trinajstić information content (AvgIpc) is 2.26. The Kier molecular flexibility index (Phi) is 1.41. The first-order valence-electron chi connectivity index (χ1n) is 4.39. The van der Waals surface area contributed by atoms with Gasteiger partial charge in [-0.1, -0.05) is 0 Å². The summed E-state index contributed by atoms with van der Waals surface area (Å²) in [6.45, 7) is 0. The summed E-state index contributed by atoms with van der Waals surface area (Å²) in [5, 5.41) is 8.79. The molecule has 3 heterocycles. The van der Waals surface area contributed by atoms with Crippen LogP contribution in [0.1, 0.15) is 0 Å². The second-order valence-electron chi connectivity index (χ2n) is 3.01. The maximum absolute atomic E-state index is 4.39. The van der Waals surface area contributed by atoms with Crippen LogP contribution in [0, 0.1) is 0 Å². The van der Waals surface area contributed by atoms with E-state index in [0.717, 1.165) is 11.3 Å². The smallest absolute Gasteiger partial charge is 0.0499 e. The van der Waals surface area contributed by atoms with Crippen molar-refractivity contribution in [1.82, 2.24) is 10.2 Å². The first-order valence-corrected chi connectivity index (χ1v) is 4.39. The highest BCUT2D eigenvalue weighted by Crippen LogP contribution is 1.89. The van der Waals surface area contributed by atoms with Gasteiger partial charge in [-0.15, -0.1) is 0 Å². The molecule has 3 aromatic heterocycles. The fraction of sp³-hybridized carbons (Fsp3) is 0. The molecule has 4 heteroatoms. The lowest BCUT2D eigenvalue weighted by Gasteiger charge is -1.83. The molecule has 0 aliphatic heterocycles. The summed E-state index contributed by atoms with van der Waals surface area (Å²) in [5.74, 6) is 0. The Bertz CT molecular complexity index is 501. The average molecular weight is 184 g/mol. The van der Waals surface area contributed by atoms with Crippen LogP contribution < -0.4 is 9.03 Å². The van der Waals surface area contributed by atoms with Crippen molar-refractivity contribution in [2.45, 2.75) is 0 Å². The number of hydrogen-bond donors (Lipinski definition) is 0. The van der Waals surface area contributed by atoms with Gasteiger partial charge in [0.1, 0.15) is 12.4 Å². The van der Waals surface area contributed by atoms with Gasteiger partial charge in [-0.3, -0.25) is 0 Å². The van der Waals surface area contributed by atoms with Crippen LogP contribution in [-0.2, 0) is 0 Å². The zero-order valence-corrected chi connectivity index (χ0v) is 7.41. The first kappa shape index (κ1) is 7.32. The molecule has 0 radical (unpaired) electrons. The molecule has 0 aromatic carbocycles. The third-order valence-corrected chi connectivity index (χ3v) is 2.06. The SMILES string of the molecule is c1cc[n+]2nc3cccc[n+]3nc2c1. The van der Waals surface area contributed by atoms with Crippen molar-refractivity contribution in [2.24, 2.45) is 0 Å². The van der Waals surface area contributed by atoms with E-state index in [4.69, 9.17) is 0 Å². The molecule has 3 aromatic rings. The van der Waals surface area contributed by atoms with E-state index in [1.54, 1.807) is 9.03 Å². The molecule has 0 atom stereocenters. The number of fused-ring (bicyclic) bond motifs is 2.